The van der Waals surface area contributed by atoms with Crippen LogP contribution in [0.25, 0.3) is 0 Å². The van der Waals surface area contributed by atoms with Gasteiger partial charge in [0.25, 0.3) is 5.69 Å². The Bertz CT molecular complexity index is 523. The maximum Gasteiger partial charge on any atom is 0.285 e. The van der Waals surface area contributed by atoms with Gasteiger partial charge in [0.1, 0.15) is 0 Å². The first kappa shape index (κ1) is 13.8. The molecule has 1 aromatic carbocycles. The molecule has 108 valence electrons. The Kier molecular flexibility index (Phi) is 3.69. The van der Waals surface area contributed by atoms with Gasteiger partial charge in [-0.05, 0) is 60.2 Å². The number of anilines is 1. The summed E-state index contributed by atoms with van der Waals surface area (Å²) in [4.78, 5) is 13.1. The predicted octanol–water partition coefficient (Wildman–Crippen LogP) is 3.21. The molecular weight excluding hydrogens is 322 g/mol. The molecule has 0 saturated carbocycles. The van der Waals surface area contributed by atoms with Gasteiger partial charge in [0.05, 0.1) is 9.40 Å². The maximum absolute atomic E-state index is 11.1. The average molecular weight is 340 g/mol. The van der Waals surface area contributed by atoms with E-state index in [4.69, 9.17) is 5.73 Å². The van der Waals surface area contributed by atoms with Crippen LogP contribution in [0.3, 0.4) is 0 Å². The summed E-state index contributed by atoms with van der Waals surface area (Å²) in [6.07, 6.45) is 5.47. The molecule has 2 saturated heterocycles. The zero-order valence-electron chi connectivity index (χ0n) is 11.2. The standard InChI is InChI=1S/C14H18BrN3O2/c15-13-5-4-12(8-14(13)18(19)20)17-10-2-1-3-11(17)7-9(16)6-10/h4-5,8-11H,1-3,6-7,16H2. The minimum atomic E-state index is -0.334. The lowest BCUT2D eigenvalue weighted by Gasteiger charge is -2.49. The Morgan fingerprint density at radius 3 is 2.55 bits per heavy atom. The Labute approximate surface area is 126 Å². The number of halogens is 1. The summed E-state index contributed by atoms with van der Waals surface area (Å²) in [6.45, 7) is 0. The van der Waals surface area contributed by atoms with Crippen LogP contribution in [0.15, 0.2) is 22.7 Å². The fourth-order valence-electron chi connectivity index (χ4n) is 3.65. The van der Waals surface area contributed by atoms with E-state index in [-0.39, 0.29) is 16.7 Å². The summed E-state index contributed by atoms with van der Waals surface area (Å²) in [5.74, 6) is 0. The molecule has 0 radical (unpaired) electrons. The van der Waals surface area contributed by atoms with Crippen molar-refractivity contribution in [3.05, 3.63) is 32.8 Å². The first-order valence-corrected chi connectivity index (χ1v) is 7.83. The van der Waals surface area contributed by atoms with Crippen LogP contribution in [0.2, 0.25) is 0 Å². The molecule has 5 nitrogen and oxygen atoms in total. The van der Waals surface area contributed by atoms with E-state index in [1.165, 1.54) is 6.42 Å². The monoisotopic (exact) mass is 339 g/mol. The number of hydrogen-bond donors (Lipinski definition) is 1. The molecule has 2 heterocycles. The summed E-state index contributed by atoms with van der Waals surface area (Å²) in [7, 11) is 0. The molecular formula is C14H18BrN3O2. The number of fused-ring (bicyclic) bond motifs is 2. The first-order valence-electron chi connectivity index (χ1n) is 7.04. The third-order valence-corrected chi connectivity index (χ3v) is 5.11. The minimum absolute atomic E-state index is 0.135. The number of nitro groups is 1. The highest BCUT2D eigenvalue weighted by molar-refractivity contribution is 9.10. The highest BCUT2D eigenvalue weighted by atomic mass is 79.9. The number of benzene rings is 1. The van der Waals surface area contributed by atoms with E-state index in [1.807, 2.05) is 6.07 Å². The van der Waals surface area contributed by atoms with Gasteiger partial charge in [-0.3, -0.25) is 10.1 Å². The molecule has 2 fully saturated rings. The molecule has 1 aromatic rings. The van der Waals surface area contributed by atoms with Gasteiger partial charge >= 0.3 is 0 Å². The molecule has 6 heteroatoms. The highest BCUT2D eigenvalue weighted by Crippen LogP contribution is 2.39. The van der Waals surface area contributed by atoms with Gasteiger partial charge < -0.3 is 10.6 Å². The van der Waals surface area contributed by atoms with Crippen LogP contribution < -0.4 is 10.6 Å². The van der Waals surface area contributed by atoms with E-state index < -0.39 is 0 Å². The Balaban J connectivity index is 1.96. The lowest BCUT2D eigenvalue weighted by atomic mass is 9.81. The smallest absolute Gasteiger partial charge is 0.285 e. The van der Waals surface area contributed by atoms with Crippen LogP contribution in [0.5, 0.6) is 0 Å². The van der Waals surface area contributed by atoms with E-state index in [9.17, 15) is 10.1 Å². The second-order valence-electron chi connectivity index (χ2n) is 5.77. The van der Waals surface area contributed by atoms with E-state index in [0.29, 0.717) is 16.6 Å². The third-order valence-electron chi connectivity index (χ3n) is 4.44. The molecule has 2 aliphatic heterocycles. The zero-order chi connectivity index (χ0) is 14.3. The number of nitrogens with zero attached hydrogens (tertiary/aromatic N) is 2. The number of nitro benzene ring substituents is 1. The van der Waals surface area contributed by atoms with Crippen molar-refractivity contribution in [2.24, 2.45) is 5.73 Å². The van der Waals surface area contributed by atoms with Gasteiger partial charge in [0, 0.05) is 29.9 Å². The summed E-state index contributed by atoms with van der Waals surface area (Å²) < 4.78 is 0.533. The quantitative estimate of drug-likeness (QED) is 0.663. The Morgan fingerprint density at radius 2 is 1.95 bits per heavy atom. The summed E-state index contributed by atoms with van der Waals surface area (Å²) >= 11 is 3.25. The first-order chi connectivity index (χ1) is 9.56. The van der Waals surface area contributed by atoms with Crippen molar-refractivity contribution in [3.8, 4) is 0 Å². The Hall–Kier alpha value is -1.14. The SMILES string of the molecule is NC1CC2CCCC(C1)N2c1ccc(Br)c([N+](=O)[O-])c1. The van der Waals surface area contributed by atoms with Crippen LogP contribution in [0, 0.1) is 10.1 Å². The average Bonchev–Trinajstić information content (AvgIpc) is 2.38. The van der Waals surface area contributed by atoms with Crippen LogP contribution in [-0.2, 0) is 0 Å². The normalized spacial score (nSPS) is 29.3. The van der Waals surface area contributed by atoms with Gasteiger partial charge in [0.2, 0.25) is 0 Å². The number of rotatable bonds is 2. The van der Waals surface area contributed by atoms with Crippen molar-refractivity contribution in [2.75, 3.05) is 4.90 Å². The van der Waals surface area contributed by atoms with E-state index >= 15 is 0 Å². The largest absolute Gasteiger partial charge is 0.365 e. The summed E-state index contributed by atoms with van der Waals surface area (Å²) in [5.41, 5.74) is 7.22. The van der Waals surface area contributed by atoms with Crippen molar-refractivity contribution >= 4 is 27.3 Å². The summed E-state index contributed by atoms with van der Waals surface area (Å²) in [6, 6.07) is 6.56. The van der Waals surface area contributed by atoms with Crippen molar-refractivity contribution in [1.29, 1.82) is 0 Å². The molecule has 0 spiro atoms. The molecule has 2 N–H and O–H groups in total. The fourth-order valence-corrected chi connectivity index (χ4v) is 4.04. The fraction of sp³-hybridized carbons (Fsp3) is 0.571. The van der Waals surface area contributed by atoms with Crippen LogP contribution in [-0.4, -0.2) is 23.0 Å². The number of hydrogen-bond acceptors (Lipinski definition) is 4. The van der Waals surface area contributed by atoms with Crippen LogP contribution in [0.4, 0.5) is 11.4 Å². The minimum Gasteiger partial charge on any atom is -0.365 e. The molecule has 0 amide bonds. The molecule has 2 unspecified atom stereocenters. The third kappa shape index (κ3) is 2.42. The van der Waals surface area contributed by atoms with Crippen LogP contribution in [0.1, 0.15) is 32.1 Å². The van der Waals surface area contributed by atoms with E-state index in [1.54, 1.807) is 12.1 Å². The topological polar surface area (TPSA) is 72.4 Å². The van der Waals surface area contributed by atoms with Crippen molar-refractivity contribution < 1.29 is 4.92 Å². The van der Waals surface area contributed by atoms with Crippen molar-refractivity contribution in [3.63, 3.8) is 0 Å². The molecule has 0 aromatic heterocycles. The van der Waals surface area contributed by atoms with Crippen molar-refractivity contribution in [2.45, 2.75) is 50.2 Å². The van der Waals surface area contributed by atoms with Gasteiger partial charge in [-0.15, -0.1) is 0 Å². The lowest BCUT2D eigenvalue weighted by Crippen LogP contribution is -2.55. The van der Waals surface area contributed by atoms with Gasteiger partial charge in [-0.2, -0.15) is 0 Å². The van der Waals surface area contributed by atoms with Crippen molar-refractivity contribution in [1.82, 2.24) is 0 Å². The molecule has 2 atom stereocenters. The zero-order valence-corrected chi connectivity index (χ0v) is 12.8. The molecule has 20 heavy (non-hydrogen) atoms. The molecule has 3 rings (SSSR count). The molecule has 2 aliphatic rings. The Morgan fingerprint density at radius 1 is 1.30 bits per heavy atom. The maximum atomic E-state index is 11.1. The second-order valence-corrected chi connectivity index (χ2v) is 6.62. The van der Waals surface area contributed by atoms with E-state index in [0.717, 1.165) is 31.4 Å². The van der Waals surface area contributed by atoms with Crippen LogP contribution >= 0.6 is 15.9 Å². The predicted molar refractivity (Wildman–Crippen MR) is 81.9 cm³/mol. The van der Waals surface area contributed by atoms with Gasteiger partial charge in [0.15, 0.2) is 0 Å². The second kappa shape index (κ2) is 5.33. The molecule has 0 aliphatic carbocycles. The van der Waals surface area contributed by atoms with Gasteiger partial charge in [-0.25, -0.2) is 0 Å². The number of piperidine rings is 2. The lowest BCUT2D eigenvalue weighted by molar-refractivity contribution is -0.385. The summed E-state index contributed by atoms with van der Waals surface area (Å²) in [5, 5.41) is 11.1. The van der Waals surface area contributed by atoms with Gasteiger partial charge in [-0.1, -0.05) is 0 Å². The highest BCUT2D eigenvalue weighted by Gasteiger charge is 2.37. The molecule has 2 bridgehead atoms. The van der Waals surface area contributed by atoms with E-state index in [2.05, 4.69) is 20.8 Å². The number of nitrogens with two attached hydrogens (primary N) is 1.